The molecule has 0 spiro atoms. The Morgan fingerprint density at radius 2 is 1.75 bits per heavy atom. The van der Waals surface area contributed by atoms with Crippen LogP contribution in [0.15, 0.2) is 0 Å². The fourth-order valence-corrected chi connectivity index (χ4v) is 4.16. The van der Waals surface area contributed by atoms with Crippen LogP contribution in [-0.4, -0.2) is 29.9 Å². The highest BCUT2D eigenvalue weighted by Crippen LogP contribution is 2.42. The molecule has 2 fully saturated rings. The van der Waals surface area contributed by atoms with Crippen molar-refractivity contribution in [3.63, 3.8) is 0 Å². The highest BCUT2D eigenvalue weighted by molar-refractivity contribution is 5.80. The van der Waals surface area contributed by atoms with Crippen molar-refractivity contribution in [3.8, 4) is 0 Å². The Hall–Kier alpha value is -0.570. The summed E-state index contributed by atoms with van der Waals surface area (Å²) in [6.07, 6.45) is 11.0. The van der Waals surface area contributed by atoms with E-state index in [1.807, 2.05) is 0 Å². The van der Waals surface area contributed by atoms with Gasteiger partial charge < -0.3 is 10.6 Å². The van der Waals surface area contributed by atoms with Gasteiger partial charge in [-0.05, 0) is 31.1 Å². The van der Waals surface area contributed by atoms with Crippen molar-refractivity contribution in [2.75, 3.05) is 13.1 Å². The quantitative estimate of drug-likeness (QED) is 0.858. The third kappa shape index (κ3) is 3.55. The number of amides is 1. The van der Waals surface area contributed by atoms with E-state index >= 15 is 0 Å². The molecule has 0 saturated heterocycles. The highest BCUT2D eigenvalue weighted by Gasteiger charge is 2.40. The first-order valence-electron chi connectivity index (χ1n) is 8.57. The molecule has 116 valence electrons. The highest BCUT2D eigenvalue weighted by atomic mass is 16.2. The van der Waals surface area contributed by atoms with Crippen molar-refractivity contribution in [1.82, 2.24) is 4.90 Å². The van der Waals surface area contributed by atoms with E-state index in [1.165, 1.54) is 51.4 Å². The number of carbonyl (C=O) groups is 1. The SMILES string of the molecule is CC1(C)CCCCC1C(=O)N(CCN)C1CCCCC1. The molecule has 0 aromatic carbocycles. The summed E-state index contributed by atoms with van der Waals surface area (Å²) in [6, 6.07) is 0.456. The lowest BCUT2D eigenvalue weighted by atomic mass is 9.68. The molecule has 3 heteroatoms. The van der Waals surface area contributed by atoms with Crippen LogP contribution in [0.25, 0.3) is 0 Å². The third-order valence-corrected chi connectivity index (χ3v) is 5.47. The van der Waals surface area contributed by atoms with Crippen LogP contribution in [0.2, 0.25) is 0 Å². The van der Waals surface area contributed by atoms with Gasteiger partial charge in [0, 0.05) is 25.0 Å². The van der Waals surface area contributed by atoms with Crippen LogP contribution in [0.5, 0.6) is 0 Å². The Morgan fingerprint density at radius 3 is 2.35 bits per heavy atom. The second kappa shape index (κ2) is 6.93. The maximum absolute atomic E-state index is 13.1. The Bertz CT molecular complexity index is 321. The first kappa shape index (κ1) is 15.8. The lowest BCUT2D eigenvalue weighted by Crippen LogP contribution is -2.50. The molecular formula is C17H32N2O. The van der Waals surface area contributed by atoms with E-state index in [0.717, 1.165) is 13.0 Å². The topological polar surface area (TPSA) is 46.3 Å². The van der Waals surface area contributed by atoms with E-state index in [9.17, 15) is 4.79 Å². The fourth-order valence-electron chi connectivity index (χ4n) is 4.16. The van der Waals surface area contributed by atoms with Gasteiger partial charge in [-0.3, -0.25) is 4.79 Å². The van der Waals surface area contributed by atoms with Crippen LogP contribution < -0.4 is 5.73 Å². The van der Waals surface area contributed by atoms with Crippen molar-refractivity contribution in [2.24, 2.45) is 17.1 Å². The fraction of sp³-hybridized carbons (Fsp3) is 0.941. The monoisotopic (exact) mass is 280 g/mol. The summed E-state index contributed by atoms with van der Waals surface area (Å²) < 4.78 is 0. The number of rotatable bonds is 4. The number of hydrogen-bond acceptors (Lipinski definition) is 2. The van der Waals surface area contributed by atoms with Gasteiger partial charge in [0.15, 0.2) is 0 Å². The van der Waals surface area contributed by atoms with E-state index < -0.39 is 0 Å². The van der Waals surface area contributed by atoms with Crippen LogP contribution in [0.3, 0.4) is 0 Å². The molecule has 0 radical (unpaired) electrons. The molecule has 0 aromatic rings. The first-order valence-corrected chi connectivity index (χ1v) is 8.57. The van der Waals surface area contributed by atoms with Crippen molar-refractivity contribution in [2.45, 2.75) is 77.7 Å². The molecule has 20 heavy (non-hydrogen) atoms. The predicted octanol–water partition coefficient (Wildman–Crippen LogP) is 3.32. The van der Waals surface area contributed by atoms with Crippen molar-refractivity contribution < 1.29 is 4.79 Å². The minimum absolute atomic E-state index is 0.164. The molecule has 3 nitrogen and oxygen atoms in total. The Morgan fingerprint density at radius 1 is 1.10 bits per heavy atom. The normalized spacial score (nSPS) is 27.2. The number of nitrogens with two attached hydrogens (primary N) is 1. The molecule has 0 heterocycles. The molecule has 1 atom stereocenters. The van der Waals surface area contributed by atoms with Crippen molar-refractivity contribution >= 4 is 5.91 Å². The van der Waals surface area contributed by atoms with E-state index in [2.05, 4.69) is 18.7 Å². The average Bonchev–Trinajstić information content (AvgIpc) is 2.44. The molecule has 2 aliphatic carbocycles. The summed E-state index contributed by atoms with van der Waals surface area (Å²) >= 11 is 0. The lowest BCUT2D eigenvalue weighted by Gasteiger charge is -2.43. The van der Waals surface area contributed by atoms with Gasteiger partial charge in [0.1, 0.15) is 0 Å². The molecule has 0 bridgehead atoms. The van der Waals surface area contributed by atoms with Crippen LogP contribution in [0, 0.1) is 11.3 Å². The van der Waals surface area contributed by atoms with Gasteiger partial charge in [-0.25, -0.2) is 0 Å². The molecule has 0 aromatic heterocycles. The zero-order chi connectivity index (χ0) is 14.6. The van der Waals surface area contributed by atoms with E-state index in [4.69, 9.17) is 5.73 Å². The molecule has 1 unspecified atom stereocenters. The summed E-state index contributed by atoms with van der Waals surface area (Å²) in [6.45, 7) is 5.89. The van der Waals surface area contributed by atoms with Crippen LogP contribution >= 0.6 is 0 Å². The standard InChI is InChI=1S/C17H32N2O/c1-17(2)11-7-6-10-15(17)16(20)19(13-12-18)14-8-4-3-5-9-14/h14-15H,3-13,18H2,1-2H3. The minimum atomic E-state index is 0.164. The van der Waals surface area contributed by atoms with Gasteiger partial charge in [-0.2, -0.15) is 0 Å². The minimum Gasteiger partial charge on any atom is -0.338 e. The zero-order valence-corrected chi connectivity index (χ0v) is 13.4. The number of carbonyl (C=O) groups excluding carboxylic acids is 1. The Labute approximate surface area is 124 Å². The van der Waals surface area contributed by atoms with E-state index in [1.54, 1.807) is 0 Å². The van der Waals surface area contributed by atoms with Gasteiger partial charge in [0.05, 0.1) is 0 Å². The summed E-state index contributed by atoms with van der Waals surface area (Å²) in [5.74, 6) is 0.608. The summed E-state index contributed by atoms with van der Waals surface area (Å²) in [4.78, 5) is 15.2. The van der Waals surface area contributed by atoms with Gasteiger partial charge in [-0.15, -0.1) is 0 Å². The maximum Gasteiger partial charge on any atom is 0.226 e. The molecule has 2 saturated carbocycles. The second-order valence-electron chi connectivity index (χ2n) is 7.40. The maximum atomic E-state index is 13.1. The van der Waals surface area contributed by atoms with Gasteiger partial charge in [0.25, 0.3) is 0 Å². The molecular weight excluding hydrogens is 248 g/mol. The van der Waals surface area contributed by atoms with Crippen LogP contribution in [0.1, 0.15) is 71.6 Å². The van der Waals surface area contributed by atoms with Crippen molar-refractivity contribution in [3.05, 3.63) is 0 Å². The van der Waals surface area contributed by atoms with Gasteiger partial charge in [-0.1, -0.05) is 46.0 Å². The summed E-state index contributed by atoms with van der Waals surface area (Å²) in [7, 11) is 0. The summed E-state index contributed by atoms with van der Waals surface area (Å²) in [5, 5.41) is 0. The van der Waals surface area contributed by atoms with E-state index in [0.29, 0.717) is 18.5 Å². The number of nitrogens with zero attached hydrogens (tertiary/aromatic N) is 1. The molecule has 2 aliphatic rings. The lowest BCUT2D eigenvalue weighted by molar-refractivity contribution is -0.144. The first-order chi connectivity index (χ1) is 9.56. The molecule has 2 rings (SSSR count). The van der Waals surface area contributed by atoms with E-state index in [-0.39, 0.29) is 11.3 Å². The van der Waals surface area contributed by atoms with Gasteiger partial charge in [0.2, 0.25) is 5.91 Å². The molecule has 1 amide bonds. The molecule has 2 N–H and O–H groups in total. The Balaban J connectivity index is 2.08. The predicted molar refractivity (Wildman–Crippen MR) is 83.4 cm³/mol. The van der Waals surface area contributed by atoms with Gasteiger partial charge >= 0.3 is 0 Å². The number of hydrogen-bond donors (Lipinski definition) is 1. The average molecular weight is 280 g/mol. The zero-order valence-electron chi connectivity index (χ0n) is 13.4. The largest absolute Gasteiger partial charge is 0.338 e. The summed E-state index contributed by atoms with van der Waals surface area (Å²) in [5.41, 5.74) is 5.94. The smallest absolute Gasteiger partial charge is 0.226 e. The van der Waals surface area contributed by atoms with Crippen molar-refractivity contribution in [1.29, 1.82) is 0 Å². The van der Waals surface area contributed by atoms with Crippen LogP contribution in [-0.2, 0) is 4.79 Å². The van der Waals surface area contributed by atoms with Crippen LogP contribution in [0.4, 0.5) is 0 Å². The third-order valence-electron chi connectivity index (χ3n) is 5.47. The molecule has 0 aliphatic heterocycles. The second-order valence-corrected chi connectivity index (χ2v) is 7.40. The Kier molecular flexibility index (Phi) is 5.48.